The van der Waals surface area contributed by atoms with Crippen LogP contribution in [0.4, 0.5) is 0 Å². The van der Waals surface area contributed by atoms with E-state index in [4.69, 9.17) is 5.11 Å². The molecule has 0 aliphatic carbocycles. The minimum atomic E-state index is -1.05. The van der Waals surface area contributed by atoms with Crippen molar-refractivity contribution >= 4 is 41.9 Å². The topological polar surface area (TPSA) is 97.3 Å². The van der Waals surface area contributed by atoms with E-state index in [0.717, 1.165) is 0 Å². The number of rotatable bonds is 4. The standard InChI is InChI=1S/C9H11N5O3S2/c15-7-2-8-13(7)6(9(16)17)1-5(19-8)3-18-14-11-4-10-12-14/h1,4-5,8,12H,2-3H2,(H,10,11)(H,16,17)/t5?,8-/m1/s1. The van der Waals surface area contributed by atoms with Gasteiger partial charge in [0.25, 0.3) is 0 Å². The predicted molar refractivity (Wildman–Crippen MR) is 71.4 cm³/mol. The van der Waals surface area contributed by atoms with Crippen molar-refractivity contribution in [2.24, 2.45) is 5.10 Å². The number of β-lactam (4-membered cyclic amide) rings is 1. The Morgan fingerprint density at radius 1 is 1.68 bits per heavy atom. The molecule has 2 atom stereocenters. The number of amides is 1. The van der Waals surface area contributed by atoms with Crippen LogP contribution in [0.1, 0.15) is 6.42 Å². The van der Waals surface area contributed by atoms with E-state index in [-0.39, 0.29) is 22.2 Å². The molecule has 0 bridgehead atoms. The van der Waals surface area contributed by atoms with E-state index in [1.165, 1.54) is 23.2 Å². The zero-order chi connectivity index (χ0) is 13.4. The lowest BCUT2D eigenvalue weighted by molar-refractivity contribution is -0.146. The Morgan fingerprint density at radius 3 is 3.16 bits per heavy atom. The summed E-state index contributed by atoms with van der Waals surface area (Å²) in [5, 5.41) is 12.9. The first-order valence-corrected chi connectivity index (χ1v) is 7.42. The van der Waals surface area contributed by atoms with Crippen molar-refractivity contribution in [3.8, 4) is 0 Å². The second-order valence-electron chi connectivity index (χ2n) is 4.03. The van der Waals surface area contributed by atoms with Gasteiger partial charge in [-0.15, -0.1) is 11.8 Å². The number of hydrazine groups is 2. The van der Waals surface area contributed by atoms with E-state index in [0.29, 0.717) is 12.2 Å². The number of hydrogen-bond donors (Lipinski definition) is 3. The molecule has 1 amide bonds. The van der Waals surface area contributed by atoms with E-state index < -0.39 is 5.97 Å². The molecule has 3 heterocycles. The Bertz CT molecular complexity index is 474. The van der Waals surface area contributed by atoms with Crippen LogP contribution in [0.15, 0.2) is 16.9 Å². The van der Waals surface area contributed by atoms with Gasteiger partial charge >= 0.3 is 5.97 Å². The fourth-order valence-corrected chi connectivity index (χ4v) is 4.27. The zero-order valence-corrected chi connectivity index (χ0v) is 11.3. The van der Waals surface area contributed by atoms with Crippen LogP contribution in [0.3, 0.4) is 0 Å². The van der Waals surface area contributed by atoms with Gasteiger partial charge in [0.15, 0.2) is 0 Å². The molecule has 3 rings (SSSR count). The largest absolute Gasteiger partial charge is 0.477 e. The van der Waals surface area contributed by atoms with Gasteiger partial charge < -0.3 is 5.11 Å². The van der Waals surface area contributed by atoms with Gasteiger partial charge in [0.1, 0.15) is 12.0 Å². The van der Waals surface area contributed by atoms with Crippen LogP contribution in [-0.4, -0.2) is 49.1 Å². The smallest absolute Gasteiger partial charge is 0.352 e. The highest BCUT2D eigenvalue weighted by Crippen LogP contribution is 2.41. The molecule has 19 heavy (non-hydrogen) atoms. The summed E-state index contributed by atoms with van der Waals surface area (Å²) in [7, 11) is 0. The first-order valence-electron chi connectivity index (χ1n) is 5.54. The number of hydrogen-bond acceptors (Lipinski definition) is 8. The highest BCUT2D eigenvalue weighted by Gasteiger charge is 2.45. The molecule has 0 aromatic heterocycles. The van der Waals surface area contributed by atoms with Crippen LogP contribution in [0, 0.1) is 0 Å². The van der Waals surface area contributed by atoms with Crippen LogP contribution in [0.25, 0.3) is 0 Å². The predicted octanol–water partition coefficient (Wildman–Crippen LogP) is -0.455. The van der Waals surface area contributed by atoms with Crippen LogP contribution in [0.5, 0.6) is 0 Å². The van der Waals surface area contributed by atoms with Gasteiger partial charge in [-0.1, -0.05) is 4.52 Å². The van der Waals surface area contributed by atoms with Gasteiger partial charge in [0, 0.05) is 11.0 Å². The number of nitrogens with one attached hydrogen (secondary N) is 2. The van der Waals surface area contributed by atoms with Crippen molar-refractivity contribution in [1.82, 2.24) is 20.4 Å². The summed E-state index contributed by atoms with van der Waals surface area (Å²) in [6.07, 6.45) is 3.58. The summed E-state index contributed by atoms with van der Waals surface area (Å²) < 4.78 is 1.63. The van der Waals surface area contributed by atoms with Gasteiger partial charge in [-0.3, -0.25) is 15.1 Å². The molecule has 0 aromatic carbocycles. The van der Waals surface area contributed by atoms with Crippen LogP contribution < -0.4 is 11.0 Å². The lowest BCUT2D eigenvalue weighted by atomic mass is 10.1. The molecular formula is C9H11N5O3S2. The van der Waals surface area contributed by atoms with Crippen molar-refractivity contribution in [3.63, 3.8) is 0 Å². The monoisotopic (exact) mass is 301 g/mol. The first-order chi connectivity index (χ1) is 9.15. The number of hydrazone groups is 1. The molecule has 1 unspecified atom stereocenters. The highest BCUT2D eigenvalue weighted by atomic mass is 32.2. The molecule has 3 aliphatic rings. The van der Waals surface area contributed by atoms with Gasteiger partial charge in [-0.05, 0) is 18.0 Å². The summed E-state index contributed by atoms with van der Waals surface area (Å²) in [4.78, 5) is 23.9. The maximum absolute atomic E-state index is 11.4. The van der Waals surface area contributed by atoms with E-state index in [1.807, 2.05) is 0 Å². The summed E-state index contributed by atoms with van der Waals surface area (Å²) in [5.41, 5.74) is 5.67. The average Bonchev–Trinajstić information content (AvgIpc) is 2.87. The van der Waals surface area contributed by atoms with Gasteiger partial charge in [-0.2, -0.15) is 5.10 Å². The zero-order valence-electron chi connectivity index (χ0n) is 9.65. The third-order valence-corrected chi connectivity index (χ3v) is 5.32. The number of fused-ring (bicyclic) bond motifs is 1. The maximum Gasteiger partial charge on any atom is 0.352 e. The molecule has 3 aliphatic heterocycles. The quantitative estimate of drug-likeness (QED) is 0.474. The molecule has 0 radical (unpaired) electrons. The summed E-state index contributed by atoms with van der Waals surface area (Å²) in [6, 6.07) is 0. The van der Waals surface area contributed by atoms with Crippen LogP contribution >= 0.6 is 23.7 Å². The summed E-state index contributed by atoms with van der Waals surface area (Å²) >= 11 is 3.07. The molecule has 1 fully saturated rings. The van der Waals surface area contributed by atoms with E-state index >= 15 is 0 Å². The van der Waals surface area contributed by atoms with Crippen LogP contribution in [0.2, 0.25) is 0 Å². The molecule has 1 saturated heterocycles. The first kappa shape index (κ1) is 12.6. The molecule has 0 spiro atoms. The van der Waals surface area contributed by atoms with E-state index in [2.05, 4.69) is 16.1 Å². The van der Waals surface area contributed by atoms with Crippen LogP contribution in [-0.2, 0) is 9.59 Å². The molecule has 102 valence electrons. The SMILES string of the molecule is O=C(O)C1=CC(CSN2NC=NN2)S[C@@H]2CC(=O)N12. The number of carboxylic acids is 1. The second kappa shape index (κ2) is 4.94. The number of aliphatic carboxylic acids is 1. The number of carbonyl (C=O) groups excluding carboxylic acids is 1. The minimum Gasteiger partial charge on any atom is -0.477 e. The van der Waals surface area contributed by atoms with Gasteiger partial charge in [0.05, 0.1) is 11.8 Å². The third kappa shape index (κ3) is 2.38. The Kier molecular flexibility index (Phi) is 3.29. The van der Waals surface area contributed by atoms with Gasteiger partial charge in [-0.25, -0.2) is 10.3 Å². The second-order valence-corrected chi connectivity index (χ2v) is 6.41. The Labute approximate surface area is 117 Å². The number of nitrogens with zero attached hydrogens (tertiary/aromatic N) is 3. The Morgan fingerprint density at radius 2 is 2.53 bits per heavy atom. The Hall–Kier alpha value is -1.39. The summed E-state index contributed by atoms with van der Waals surface area (Å²) in [5.74, 6) is -0.480. The number of carboxylic acid groups (broad SMARTS) is 1. The molecule has 0 saturated carbocycles. The lowest BCUT2D eigenvalue weighted by Crippen LogP contribution is -2.54. The normalized spacial score (nSPS) is 29.2. The molecule has 10 heteroatoms. The minimum absolute atomic E-state index is 0.0371. The highest BCUT2D eigenvalue weighted by molar-refractivity contribution is 8.03. The molecule has 8 nitrogen and oxygen atoms in total. The maximum atomic E-state index is 11.4. The number of carbonyl (C=O) groups is 2. The van der Waals surface area contributed by atoms with Crippen molar-refractivity contribution < 1.29 is 14.7 Å². The fourth-order valence-electron chi connectivity index (χ4n) is 1.95. The number of thioether (sulfide) groups is 1. The van der Waals surface area contributed by atoms with Crippen molar-refractivity contribution in [2.75, 3.05) is 5.75 Å². The molecule has 0 aromatic rings. The molecule has 3 N–H and O–H groups in total. The van der Waals surface area contributed by atoms with Crippen molar-refractivity contribution in [1.29, 1.82) is 0 Å². The third-order valence-electron chi connectivity index (χ3n) is 2.82. The van der Waals surface area contributed by atoms with Crippen molar-refractivity contribution in [2.45, 2.75) is 17.0 Å². The summed E-state index contributed by atoms with van der Waals surface area (Å²) in [6.45, 7) is 0. The lowest BCUT2D eigenvalue weighted by Gasteiger charge is -2.44. The molecular weight excluding hydrogens is 290 g/mol. The van der Waals surface area contributed by atoms with E-state index in [9.17, 15) is 9.59 Å². The van der Waals surface area contributed by atoms with E-state index in [1.54, 1.807) is 22.4 Å². The average molecular weight is 301 g/mol. The Balaban J connectivity index is 1.64. The fraction of sp³-hybridized carbons (Fsp3) is 0.444. The van der Waals surface area contributed by atoms with Crippen molar-refractivity contribution in [3.05, 3.63) is 11.8 Å². The van der Waals surface area contributed by atoms with Gasteiger partial charge in [0.2, 0.25) is 5.91 Å².